The van der Waals surface area contributed by atoms with Crippen LogP contribution in [0.2, 0.25) is 0 Å². The van der Waals surface area contributed by atoms with Crippen LogP contribution in [-0.2, 0) is 4.79 Å². The Morgan fingerprint density at radius 2 is 2.06 bits per heavy atom. The van der Waals surface area contributed by atoms with Crippen molar-refractivity contribution in [2.45, 2.75) is 26.8 Å². The minimum absolute atomic E-state index is 0.270. The summed E-state index contributed by atoms with van der Waals surface area (Å²) >= 11 is 0. The van der Waals surface area contributed by atoms with E-state index < -0.39 is 29.3 Å². The van der Waals surface area contributed by atoms with Crippen LogP contribution in [0.5, 0.6) is 0 Å². The molecule has 18 heavy (non-hydrogen) atoms. The highest BCUT2D eigenvalue weighted by Gasteiger charge is 2.33. The van der Waals surface area contributed by atoms with Crippen LogP contribution in [0.3, 0.4) is 0 Å². The zero-order valence-corrected chi connectivity index (χ0v) is 10.4. The highest BCUT2D eigenvalue weighted by atomic mass is 19.1. The number of aromatic nitrogens is 1. The molecular formula is C12H15FN2O3. The third-order valence-electron chi connectivity index (χ3n) is 2.39. The molecule has 1 rings (SSSR count). The number of rotatable bonds is 3. The third kappa shape index (κ3) is 3.26. The van der Waals surface area contributed by atoms with Gasteiger partial charge in [-0.25, -0.2) is 9.78 Å². The molecule has 0 aliphatic carbocycles. The SMILES string of the molecule is CC(C)(C)[C@@H](NC(=O)c1cccnc1F)C(=O)O. The summed E-state index contributed by atoms with van der Waals surface area (Å²) in [5.41, 5.74) is -0.951. The summed E-state index contributed by atoms with van der Waals surface area (Å²) in [7, 11) is 0. The first-order valence-electron chi connectivity index (χ1n) is 5.37. The van der Waals surface area contributed by atoms with Gasteiger partial charge >= 0.3 is 5.97 Å². The quantitative estimate of drug-likeness (QED) is 0.800. The first-order valence-corrected chi connectivity index (χ1v) is 5.37. The summed E-state index contributed by atoms with van der Waals surface area (Å²) in [5, 5.41) is 11.3. The Morgan fingerprint density at radius 1 is 1.44 bits per heavy atom. The van der Waals surface area contributed by atoms with E-state index in [1.807, 2.05) is 0 Å². The molecule has 0 radical (unpaired) electrons. The van der Waals surface area contributed by atoms with Crippen LogP contribution >= 0.6 is 0 Å². The Labute approximate surface area is 104 Å². The van der Waals surface area contributed by atoms with Gasteiger partial charge in [-0.3, -0.25) is 4.79 Å². The van der Waals surface area contributed by atoms with Gasteiger partial charge in [0.1, 0.15) is 6.04 Å². The van der Waals surface area contributed by atoms with E-state index in [9.17, 15) is 14.0 Å². The summed E-state index contributed by atoms with van der Waals surface area (Å²) in [5.74, 6) is -2.88. The van der Waals surface area contributed by atoms with Crippen molar-refractivity contribution in [1.29, 1.82) is 0 Å². The second kappa shape index (κ2) is 5.12. The maximum atomic E-state index is 13.3. The average molecular weight is 254 g/mol. The molecule has 98 valence electrons. The molecule has 0 saturated carbocycles. The molecule has 6 heteroatoms. The molecular weight excluding hydrogens is 239 g/mol. The number of carboxylic acid groups (broad SMARTS) is 1. The fraction of sp³-hybridized carbons (Fsp3) is 0.417. The second-order valence-electron chi connectivity index (χ2n) is 4.95. The minimum Gasteiger partial charge on any atom is -0.480 e. The van der Waals surface area contributed by atoms with Crippen molar-refractivity contribution in [3.8, 4) is 0 Å². The molecule has 5 nitrogen and oxygen atoms in total. The van der Waals surface area contributed by atoms with Gasteiger partial charge in [0, 0.05) is 6.20 Å². The molecule has 0 unspecified atom stereocenters. The Bertz CT molecular complexity index is 469. The fourth-order valence-corrected chi connectivity index (χ4v) is 1.41. The summed E-state index contributed by atoms with van der Waals surface area (Å²) in [6.45, 7) is 5.02. The molecule has 1 amide bonds. The number of hydrogen-bond acceptors (Lipinski definition) is 3. The van der Waals surface area contributed by atoms with Gasteiger partial charge in [0.15, 0.2) is 0 Å². The lowest BCUT2D eigenvalue weighted by atomic mass is 9.86. The molecule has 0 aliphatic rings. The third-order valence-corrected chi connectivity index (χ3v) is 2.39. The van der Waals surface area contributed by atoms with E-state index in [1.54, 1.807) is 20.8 Å². The van der Waals surface area contributed by atoms with Crippen LogP contribution in [-0.4, -0.2) is 28.0 Å². The van der Waals surface area contributed by atoms with Crippen LogP contribution in [0.4, 0.5) is 4.39 Å². The van der Waals surface area contributed by atoms with Gasteiger partial charge in [0.25, 0.3) is 5.91 Å². The number of pyridine rings is 1. The predicted molar refractivity (Wildman–Crippen MR) is 62.5 cm³/mol. The van der Waals surface area contributed by atoms with Crippen LogP contribution in [0.25, 0.3) is 0 Å². The Balaban J connectivity index is 2.93. The largest absolute Gasteiger partial charge is 0.480 e. The molecule has 1 aromatic heterocycles. The molecule has 1 atom stereocenters. The summed E-state index contributed by atoms with van der Waals surface area (Å²) in [6.07, 6.45) is 1.21. The topological polar surface area (TPSA) is 79.3 Å². The van der Waals surface area contributed by atoms with E-state index in [4.69, 9.17) is 5.11 Å². The Morgan fingerprint density at radius 3 is 2.50 bits per heavy atom. The number of aliphatic carboxylic acids is 1. The van der Waals surface area contributed by atoms with E-state index in [0.29, 0.717) is 0 Å². The van der Waals surface area contributed by atoms with E-state index in [0.717, 1.165) is 0 Å². The van der Waals surface area contributed by atoms with Crippen molar-refractivity contribution in [2.24, 2.45) is 5.41 Å². The maximum absolute atomic E-state index is 13.3. The Kier molecular flexibility index (Phi) is 4.00. The van der Waals surface area contributed by atoms with Crippen molar-refractivity contribution in [3.63, 3.8) is 0 Å². The molecule has 0 fully saturated rings. The first kappa shape index (κ1) is 14.1. The van der Waals surface area contributed by atoms with Crippen LogP contribution < -0.4 is 5.32 Å². The number of carbonyl (C=O) groups is 2. The number of nitrogens with zero attached hydrogens (tertiary/aromatic N) is 1. The molecule has 1 heterocycles. The van der Waals surface area contributed by atoms with Crippen LogP contribution in [0, 0.1) is 11.4 Å². The summed E-state index contributed by atoms with van der Waals surface area (Å²) in [6, 6.07) is 1.55. The fourth-order valence-electron chi connectivity index (χ4n) is 1.41. The van der Waals surface area contributed by atoms with Gasteiger partial charge in [-0.15, -0.1) is 0 Å². The maximum Gasteiger partial charge on any atom is 0.326 e. The number of amides is 1. The lowest BCUT2D eigenvalue weighted by molar-refractivity contribution is -0.142. The highest BCUT2D eigenvalue weighted by Crippen LogP contribution is 2.20. The molecule has 0 aromatic carbocycles. The van der Waals surface area contributed by atoms with E-state index >= 15 is 0 Å². The molecule has 1 aromatic rings. The first-order chi connectivity index (χ1) is 8.23. The molecule has 0 aliphatic heterocycles. The van der Waals surface area contributed by atoms with Crippen molar-refractivity contribution < 1.29 is 19.1 Å². The van der Waals surface area contributed by atoms with Crippen molar-refractivity contribution in [1.82, 2.24) is 10.3 Å². The summed E-state index contributed by atoms with van der Waals surface area (Å²) in [4.78, 5) is 26.2. The zero-order valence-electron chi connectivity index (χ0n) is 10.4. The highest BCUT2D eigenvalue weighted by molar-refractivity contribution is 5.96. The number of carbonyl (C=O) groups excluding carboxylic acids is 1. The number of hydrogen-bond donors (Lipinski definition) is 2. The Hall–Kier alpha value is -1.98. The van der Waals surface area contributed by atoms with Gasteiger partial charge in [0.05, 0.1) is 5.56 Å². The van der Waals surface area contributed by atoms with Gasteiger partial charge in [-0.2, -0.15) is 4.39 Å². The minimum atomic E-state index is -1.17. The van der Waals surface area contributed by atoms with Gasteiger partial charge < -0.3 is 10.4 Å². The van der Waals surface area contributed by atoms with Gasteiger partial charge in [0.2, 0.25) is 5.95 Å². The van der Waals surface area contributed by atoms with Crippen molar-refractivity contribution in [2.75, 3.05) is 0 Å². The number of nitrogens with one attached hydrogen (secondary N) is 1. The van der Waals surface area contributed by atoms with Gasteiger partial charge in [-0.1, -0.05) is 20.8 Å². The van der Waals surface area contributed by atoms with Crippen LogP contribution in [0.15, 0.2) is 18.3 Å². The predicted octanol–water partition coefficient (Wildman–Crippen LogP) is 1.45. The molecule has 2 N–H and O–H groups in total. The smallest absolute Gasteiger partial charge is 0.326 e. The summed E-state index contributed by atoms with van der Waals surface area (Å²) < 4.78 is 13.3. The monoisotopic (exact) mass is 254 g/mol. The lowest BCUT2D eigenvalue weighted by Gasteiger charge is -2.27. The lowest BCUT2D eigenvalue weighted by Crippen LogP contribution is -2.49. The average Bonchev–Trinajstić information content (AvgIpc) is 2.24. The molecule has 0 saturated heterocycles. The van der Waals surface area contributed by atoms with E-state index in [-0.39, 0.29) is 5.56 Å². The number of carboxylic acids is 1. The standard InChI is InChI=1S/C12H15FN2O3/c1-12(2,3)8(11(17)18)15-10(16)7-5-4-6-14-9(7)13/h4-6,8H,1-3H3,(H,15,16)(H,17,18)/t8-/m0/s1. The number of halogens is 1. The molecule has 0 spiro atoms. The second-order valence-corrected chi connectivity index (χ2v) is 4.95. The van der Waals surface area contributed by atoms with Crippen LogP contribution in [0.1, 0.15) is 31.1 Å². The van der Waals surface area contributed by atoms with E-state index in [1.165, 1.54) is 18.3 Å². The van der Waals surface area contributed by atoms with Gasteiger partial charge in [-0.05, 0) is 17.5 Å². The molecule has 0 bridgehead atoms. The van der Waals surface area contributed by atoms with Crippen molar-refractivity contribution in [3.05, 3.63) is 29.8 Å². The zero-order chi connectivity index (χ0) is 13.9. The normalized spacial score (nSPS) is 12.9. The van der Waals surface area contributed by atoms with E-state index in [2.05, 4.69) is 10.3 Å². The van der Waals surface area contributed by atoms with Crippen molar-refractivity contribution >= 4 is 11.9 Å².